The maximum Gasteiger partial charge on any atom is 0.125 e. The molecule has 0 amide bonds. The van der Waals surface area contributed by atoms with Crippen molar-refractivity contribution in [3.63, 3.8) is 0 Å². The lowest BCUT2D eigenvalue weighted by molar-refractivity contribution is 0.627. The zero-order valence-electron chi connectivity index (χ0n) is 9.84. The first kappa shape index (κ1) is 14.0. The number of nitrogens with zero attached hydrogens (tertiary/aromatic N) is 1. The number of alkyl halides is 1. The van der Waals surface area contributed by atoms with Crippen LogP contribution in [0.3, 0.4) is 0 Å². The van der Waals surface area contributed by atoms with Gasteiger partial charge >= 0.3 is 0 Å². The first-order valence-electron chi connectivity index (χ1n) is 5.64. The summed E-state index contributed by atoms with van der Waals surface area (Å²) in [4.78, 5) is 4.56. The highest BCUT2D eigenvalue weighted by Crippen LogP contribution is 2.34. The predicted octanol–water partition coefficient (Wildman–Crippen LogP) is 5.45. The number of aryl methyl sites for hydroxylation is 1. The van der Waals surface area contributed by atoms with Crippen LogP contribution in [0.15, 0.2) is 17.5 Å². The molecule has 0 N–H and O–H groups in total. The zero-order chi connectivity index (χ0) is 13.1. The molecule has 1 nitrogen and oxygen atoms in total. The standard InChI is InChI=1S/C13H12BrClFNS/c1-2-3-12-17-11(7-18-12)13-8(6-14)4-9(16)5-10(13)15/h4-5,7H,2-3,6H2,1H3. The molecule has 0 unspecified atom stereocenters. The summed E-state index contributed by atoms with van der Waals surface area (Å²) in [5.74, 6) is -0.317. The smallest absolute Gasteiger partial charge is 0.125 e. The average molecular weight is 349 g/mol. The normalized spacial score (nSPS) is 10.9. The Balaban J connectivity index is 2.48. The molecule has 0 radical (unpaired) electrons. The third kappa shape index (κ3) is 2.92. The third-order valence-corrected chi connectivity index (χ3v) is 4.36. The Bertz CT molecular complexity index is 556. The summed E-state index contributed by atoms with van der Waals surface area (Å²) < 4.78 is 13.3. The summed E-state index contributed by atoms with van der Waals surface area (Å²) >= 11 is 11.1. The van der Waals surface area contributed by atoms with Gasteiger partial charge in [0.05, 0.1) is 15.7 Å². The highest BCUT2D eigenvalue weighted by atomic mass is 79.9. The molecule has 0 aliphatic heterocycles. The van der Waals surface area contributed by atoms with Crippen LogP contribution >= 0.6 is 38.9 Å². The van der Waals surface area contributed by atoms with Crippen molar-refractivity contribution in [2.75, 3.05) is 0 Å². The SMILES string of the molecule is CCCc1nc(-c2c(Cl)cc(F)cc2CBr)cs1. The topological polar surface area (TPSA) is 12.9 Å². The largest absolute Gasteiger partial charge is 0.241 e. The Morgan fingerprint density at radius 1 is 1.44 bits per heavy atom. The Kier molecular flexibility index (Phi) is 4.76. The van der Waals surface area contributed by atoms with E-state index in [4.69, 9.17) is 11.6 Å². The minimum Gasteiger partial charge on any atom is -0.241 e. The van der Waals surface area contributed by atoms with Crippen molar-refractivity contribution >= 4 is 38.9 Å². The van der Waals surface area contributed by atoms with Gasteiger partial charge in [0.25, 0.3) is 0 Å². The van der Waals surface area contributed by atoms with Crippen LogP contribution < -0.4 is 0 Å². The van der Waals surface area contributed by atoms with Gasteiger partial charge in [0.15, 0.2) is 0 Å². The Morgan fingerprint density at radius 3 is 2.89 bits per heavy atom. The molecule has 2 rings (SSSR count). The van der Waals surface area contributed by atoms with Gasteiger partial charge in [-0.25, -0.2) is 9.37 Å². The maximum atomic E-state index is 13.3. The number of thiazole rings is 1. The number of benzene rings is 1. The van der Waals surface area contributed by atoms with E-state index < -0.39 is 0 Å². The lowest BCUT2D eigenvalue weighted by Crippen LogP contribution is -1.91. The number of rotatable bonds is 4. The molecule has 5 heteroatoms. The van der Waals surface area contributed by atoms with Crippen molar-refractivity contribution in [2.24, 2.45) is 0 Å². The molecule has 1 aromatic heterocycles. The first-order chi connectivity index (χ1) is 8.65. The van der Waals surface area contributed by atoms with Gasteiger partial charge in [-0.05, 0) is 30.5 Å². The molecule has 0 saturated carbocycles. The van der Waals surface area contributed by atoms with Crippen LogP contribution in [0.4, 0.5) is 4.39 Å². The summed E-state index contributed by atoms with van der Waals surface area (Å²) in [5.41, 5.74) is 2.49. The molecule has 18 heavy (non-hydrogen) atoms. The molecule has 0 spiro atoms. The van der Waals surface area contributed by atoms with Crippen molar-refractivity contribution in [2.45, 2.75) is 25.1 Å². The van der Waals surface area contributed by atoms with E-state index in [9.17, 15) is 4.39 Å². The first-order valence-corrected chi connectivity index (χ1v) is 8.02. The molecule has 1 aromatic carbocycles. The summed E-state index contributed by atoms with van der Waals surface area (Å²) in [5, 5.41) is 4.04. The van der Waals surface area contributed by atoms with Gasteiger partial charge in [-0.2, -0.15) is 0 Å². The highest BCUT2D eigenvalue weighted by molar-refractivity contribution is 9.08. The molecule has 0 bridgehead atoms. The van der Waals surface area contributed by atoms with Gasteiger partial charge in [0.1, 0.15) is 5.82 Å². The van der Waals surface area contributed by atoms with E-state index in [0.717, 1.165) is 34.7 Å². The summed E-state index contributed by atoms with van der Waals surface area (Å²) in [6.45, 7) is 2.12. The highest BCUT2D eigenvalue weighted by Gasteiger charge is 2.14. The molecule has 0 aliphatic rings. The van der Waals surface area contributed by atoms with Crippen molar-refractivity contribution in [1.29, 1.82) is 0 Å². The average Bonchev–Trinajstić information content (AvgIpc) is 2.76. The van der Waals surface area contributed by atoms with E-state index >= 15 is 0 Å². The molecule has 96 valence electrons. The lowest BCUT2D eigenvalue weighted by Gasteiger charge is -2.07. The summed E-state index contributed by atoms with van der Waals surface area (Å²) in [6, 6.07) is 2.83. The van der Waals surface area contributed by atoms with Crippen LogP contribution in [0, 0.1) is 5.82 Å². The third-order valence-electron chi connectivity index (χ3n) is 2.55. The van der Waals surface area contributed by atoms with Crippen LogP contribution in [-0.2, 0) is 11.8 Å². The van der Waals surface area contributed by atoms with Gasteiger partial charge in [-0.3, -0.25) is 0 Å². The van der Waals surface area contributed by atoms with Gasteiger partial charge in [0, 0.05) is 16.3 Å². The minimum absolute atomic E-state index is 0.317. The number of halogens is 3. The molecule has 0 saturated heterocycles. The number of aromatic nitrogens is 1. The molecule has 0 aliphatic carbocycles. The van der Waals surface area contributed by atoms with Gasteiger partial charge in [0.2, 0.25) is 0 Å². The van der Waals surface area contributed by atoms with E-state index in [1.165, 1.54) is 12.1 Å². The second-order valence-electron chi connectivity index (χ2n) is 3.93. The van der Waals surface area contributed by atoms with E-state index in [0.29, 0.717) is 10.4 Å². The quantitative estimate of drug-likeness (QED) is 0.669. The Labute approximate surface area is 123 Å². The minimum atomic E-state index is -0.317. The second kappa shape index (κ2) is 6.13. The van der Waals surface area contributed by atoms with Gasteiger partial charge in [-0.15, -0.1) is 11.3 Å². The second-order valence-corrected chi connectivity index (χ2v) is 5.84. The Morgan fingerprint density at radius 2 is 2.22 bits per heavy atom. The van der Waals surface area contributed by atoms with Gasteiger partial charge < -0.3 is 0 Å². The molecule has 2 aromatic rings. The number of hydrogen-bond acceptors (Lipinski definition) is 2. The van der Waals surface area contributed by atoms with E-state index in [1.54, 1.807) is 11.3 Å². The van der Waals surface area contributed by atoms with Crippen LogP contribution in [0.1, 0.15) is 23.9 Å². The van der Waals surface area contributed by atoms with Crippen LogP contribution in [-0.4, -0.2) is 4.98 Å². The predicted molar refractivity (Wildman–Crippen MR) is 79.1 cm³/mol. The van der Waals surface area contributed by atoms with Crippen molar-refractivity contribution in [1.82, 2.24) is 4.98 Å². The fourth-order valence-corrected chi connectivity index (χ4v) is 3.43. The summed E-state index contributed by atoms with van der Waals surface area (Å²) in [6.07, 6.45) is 2.03. The van der Waals surface area contributed by atoms with E-state index in [1.807, 2.05) is 5.38 Å². The molecule has 0 fully saturated rings. The van der Waals surface area contributed by atoms with E-state index in [-0.39, 0.29) is 5.82 Å². The Hall–Kier alpha value is -0.450. The molecular formula is C13H12BrClFNS. The number of hydrogen-bond donors (Lipinski definition) is 0. The molecular weight excluding hydrogens is 337 g/mol. The zero-order valence-corrected chi connectivity index (χ0v) is 13.0. The lowest BCUT2D eigenvalue weighted by atomic mass is 10.1. The maximum absolute atomic E-state index is 13.3. The molecule has 0 atom stereocenters. The van der Waals surface area contributed by atoms with Crippen molar-refractivity contribution in [3.8, 4) is 11.3 Å². The molecule has 1 heterocycles. The van der Waals surface area contributed by atoms with Crippen LogP contribution in [0.2, 0.25) is 5.02 Å². The van der Waals surface area contributed by atoms with Crippen molar-refractivity contribution in [3.05, 3.63) is 38.9 Å². The monoisotopic (exact) mass is 347 g/mol. The van der Waals surface area contributed by atoms with Crippen LogP contribution in [0.5, 0.6) is 0 Å². The summed E-state index contributed by atoms with van der Waals surface area (Å²) in [7, 11) is 0. The van der Waals surface area contributed by atoms with Gasteiger partial charge in [-0.1, -0.05) is 34.5 Å². The van der Waals surface area contributed by atoms with E-state index in [2.05, 4.69) is 27.8 Å². The fourth-order valence-electron chi connectivity index (χ4n) is 1.77. The fraction of sp³-hybridized carbons (Fsp3) is 0.308. The van der Waals surface area contributed by atoms with Crippen LogP contribution in [0.25, 0.3) is 11.3 Å². The van der Waals surface area contributed by atoms with Crippen molar-refractivity contribution < 1.29 is 4.39 Å².